The predicted molar refractivity (Wildman–Crippen MR) is 98.2 cm³/mol. The van der Waals surface area contributed by atoms with Crippen LogP contribution in [0.4, 0.5) is 5.69 Å². The van der Waals surface area contributed by atoms with E-state index >= 15 is 0 Å². The zero-order valence-electron chi connectivity index (χ0n) is 13.5. The van der Waals surface area contributed by atoms with Gasteiger partial charge in [0.15, 0.2) is 0 Å². The van der Waals surface area contributed by atoms with Gasteiger partial charge in [-0.25, -0.2) is 0 Å². The van der Waals surface area contributed by atoms with E-state index in [1.807, 2.05) is 48.5 Å². The maximum absolute atomic E-state index is 8.72. The van der Waals surface area contributed by atoms with Crippen LogP contribution in [0, 0.1) is 22.7 Å². The monoisotopic (exact) mass is 326 g/mol. The van der Waals surface area contributed by atoms with Crippen LogP contribution in [0.2, 0.25) is 0 Å². The van der Waals surface area contributed by atoms with Gasteiger partial charge in [-0.15, -0.1) is 0 Å². The molecule has 0 heterocycles. The lowest BCUT2D eigenvalue weighted by Gasteiger charge is -2.08. The molecule has 0 unspecified atom stereocenters. The van der Waals surface area contributed by atoms with E-state index < -0.39 is 0 Å². The minimum absolute atomic E-state index is 0.218. The molecule has 5 nitrogen and oxygen atoms in total. The minimum atomic E-state index is -0.218. The number of hydrogen-bond acceptors (Lipinski definition) is 5. The van der Waals surface area contributed by atoms with Gasteiger partial charge in [-0.1, -0.05) is 30.3 Å². The van der Waals surface area contributed by atoms with E-state index in [-0.39, 0.29) is 5.71 Å². The number of fused-ring (bicyclic) bond motifs is 1. The fourth-order valence-electron chi connectivity index (χ4n) is 2.49. The molecule has 3 aromatic rings. The van der Waals surface area contributed by atoms with E-state index in [9.17, 15) is 0 Å². The van der Waals surface area contributed by atoms with Crippen molar-refractivity contribution in [2.75, 3.05) is 12.5 Å². The molecule has 3 rings (SSSR count). The lowest BCUT2D eigenvalue weighted by Crippen LogP contribution is -1.96. The standard InChI is InChI=1S/C20H14N4O/c1-25-20-8-7-16-9-15(5-6-17(16)11-20)14-3-2-4-18(10-14)23-24-19(12-21)13-22/h2-11,23H,1H3. The van der Waals surface area contributed by atoms with E-state index in [0.29, 0.717) is 5.69 Å². The first-order chi connectivity index (χ1) is 12.2. The summed E-state index contributed by atoms with van der Waals surface area (Å²) in [4.78, 5) is 0. The first kappa shape index (κ1) is 16.0. The highest BCUT2D eigenvalue weighted by atomic mass is 16.5. The molecule has 1 N–H and O–H groups in total. The number of benzene rings is 3. The minimum Gasteiger partial charge on any atom is -0.497 e. The van der Waals surface area contributed by atoms with E-state index in [0.717, 1.165) is 27.6 Å². The van der Waals surface area contributed by atoms with Crippen LogP contribution in [0.25, 0.3) is 21.9 Å². The molecule has 5 heteroatoms. The van der Waals surface area contributed by atoms with Gasteiger partial charge in [0.25, 0.3) is 0 Å². The van der Waals surface area contributed by atoms with Gasteiger partial charge in [-0.2, -0.15) is 15.6 Å². The summed E-state index contributed by atoms with van der Waals surface area (Å²) in [5.74, 6) is 0.829. The lowest BCUT2D eigenvalue weighted by atomic mass is 10.0. The molecule has 0 atom stereocenters. The van der Waals surface area contributed by atoms with Crippen molar-refractivity contribution in [3.8, 4) is 29.0 Å². The van der Waals surface area contributed by atoms with Crippen molar-refractivity contribution >= 4 is 22.2 Å². The quantitative estimate of drug-likeness (QED) is 0.571. The Bertz CT molecular complexity index is 1030. The fraction of sp³-hybridized carbons (Fsp3) is 0.0500. The third-order valence-electron chi connectivity index (χ3n) is 3.75. The van der Waals surface area contributed by atoms with Crippen molar-refractivity contribution < 1.29 is 4.74 Å². The SMILES string of the molecule is COc1ccc2cc(-c3cccc(NN=C(C#N)C#N)c3)ccc2c1. The summed E-state index contributed by atoms with van der Waals surface area (Å²) in [5, 5.41) is 23.4. The third kappa shape index (κ3) is 3.57. The van der Waals surface area contributed by atoms with Gasteiger partial charge < -0.3 is 4.74 Å². The van der Waals surface area contributed by atoms with Crippen molar-refractivity contribution in [2.45, 2.75) is 0 Å². The van der Waals surface area contributed by atoms with Crippen molar-refractivity contribution in [2.24, 2.45) is 5.10 Å². The van der Waals surface area contributed by atoms with Crippen LogP contribution in [0.1, 0.15) is 0 Å². The molecule has 0 aliphatic rings. The van der Waals surface area contributed by atoms with Crippen molar-refractivity contribution in [3.05, 3.63) is 60.7 Å². The zero-order chi connectivity index (χ0) is 17.6. The van der Waals surface area contributed by atoms with Gasteiger partial charge in [0, 0.05) is 0 Å². The third-order valence-corrected chi connectivity index (χ3v) is 3.75. The van der Waals surface area contributed by atoms with Crippen LogP contribution in [0.5, 0.6) is 5.75 Å². The van der Waals surface area contributed by atoms with Crippen LogP contribution in [0.15, 0.2) is 65.8 Å². The maximum atomic E-state index is 8.72. The predicted octanol–water partition coefficient (Wildman–Crippen LogP) is 4.33. The molecule has 0 aliphatic carbocycles. The Morgan fingerprint density at radius 2 is 1.64 bits per heavy atom. The summed E-state index contributed by atoms with van der Waals surface area (Å²) >= 11 is 0. The van der Waals surface area contributed by atoms with Gasteiger partial charge in [-0.3, -0.25) is 5.43 Å². The molecule has 0 radical (unpaired) electrons. The van der Waals surface area contributed by atoms with Gasteiger partial charge in [-0.05, 0) is 52.2 Å². The molecule has 3 aromatic carbocycles. The second kappa shape index (κ2) is 7.16. The average molecular weight is 326 g/mol. The molecule has 0 aliphatic heterocycles. The highest BCUT2D eigenvalue weighted by molar-refractivity contribution is 6.10. The van der Waals surface area contributed by atoms with Crippen LogP contribution < -0.4 is 10.2 Å². The number of nitrogens with one attached hydrogen (secondary N) is 1. The lowest BCUT2D eigenvalue weighted by molar-refractivity contribution is 0.415. The summed E-state index contributed by atoms with van der Waals surface area (Å²) < 4.78 is 5.25. The van der Waals surface area contributed by atoms with Crippen molar-refractivity contribution in [3.63, 3.8) is 0 Å². The Kier molecular flexibility index (Phi) is 4.60. The number of nitrogens with zero attached hydrogens (tertiary/aromatic N) is 3. The summed E-state index contributed by atoms with van der Waals surface area (Å²) in [5.41, 5.74) is 5.29. The van der Waals surface area contributed by atoms with E-state index in [1.54, 1.807) is 19.2 Å². The number of nitriles is 2. The second-order valence-corrected chi connectivity index (χ2v) is 5.30. The summed E-state index contributed by atoms with van der Waals surface area (Å²) in [7, 11) is 1.65. The van der Waals surface area contributed by atoms with E-state index in [4.69, 9.17) is 15.3 Å². The summed E-state index contributed by atoms with van der Waals surface area (Å²) in [6.07, 6.45) is 0. The fourth-order valence-corrected chi connectivity index (χ4v) is 2.49. The average Bonchev–Trinajstić information content (AvgIpc) is 2.68. The molecule has 0 amide bonds. The molecule has 0 bridgehead atoms. The Balaban J connectivity index is 1.93. The number of hydrazone groups is 1. The number of rotatable bonds is 4. The summed E-state index contributed by atoms with van der Waals surface area (Å²) in [6, 6.07) is 23.2. The normalized spacial score (nSPS) is 9.72. The van der Waals surface area contributed by atoms with E-state index in [2.05, 4.69) is 22.7 Å². The highest BCUT2D eigenvalue weighted by Gasteiger charge is 2.03. The number of anilines is 1. The van der Waals surface area contributed by atoms with Crippen LogP contribution in [0.3, 0.4) is 0 Å². The second-order valence-electron chi connectivity index (χ2n) is 5.30. The number of hydrogen-bond donors (Lipinski definition) is 1. The van der Waals surface area contributed by atoms with Crippen molar-refractivity contribution in [1.29, 1.82) is 10.5 Å². The first-order valence-corrected chi connectivity index (χ1v) is 7.55. The molecule has 0 saturated heterocycles. The molecule has 120 valence electrons. The molecule has 0 aromatic heterocycles. The molecular weight excluding hydrogens is 312 g/mol. The molecule has 0 saturated carbocycles. The van der Waals surface area contributed by atoms with E-state index in [1.165, 1.54) is 0 Å². The zero-order valence-corrected chi connectivity index (χ0v) is 13.5. The van der Waals surface area contributed by atoms with Gasteiger partial charge in [0.05, 0.1) is 12.8 Å². The number of ether oxygens (including phenoxy) is 1. The van der Waals surface area contributed by atoms with Gasteiger partial charge >= 0.3 is 0 Å². The smallest absolute Gasteiger partial charge is 0.237 e. The molecule has 0 fully saturated rings. The largest absolute Gasteiger partial charge is 0.497 e. The van der Waals surface area contributed by atoms with Crippen LogP contribution in [-0.4, -0.2) is 12.8 Å². The maximum Gasteiger partial charge on any atom is 0.237 e. The molecule has 0 spiro atoms. The number of methoxy groups -OCH3 is 1. The summed E-state index contributed by atoms with van der Waals surface area (Å²) in [6.45, 7) is 0. The van der Waals surface area contributed by atoms with Gasteiger partial charge in [0.2, 0.25) is 5.71 Å². The van der Waals surface area contributed by atoms with Gasteiger partial charge in [0.1, 0.15) is 17.9 Å². The Hall–Kier alpha value is -3.83. The molecular formula is C20H14N4O. The first-order valence-electron chi connectivity index (χ1n) is 7.55. The Labute approximate surface area is 145 Å². The topological polar surface area (TPSA) is 81.2 Å². The molecule has 25 heavy (non-hydrogen) atoms. The Morgan fingerprint density at radius 1 is 0.920 bits per heavy atom. The highest BCUT2D eigenvalue weighted by Crippen LogP contribution is 2.28. The van der Waals surface area contributed by atoms with Crippen LogP contribution in [-0.2, 0) is 0 Å². The Morgan fingerprint density at radius 3 is 2.40 bits per heavy atom. The van der Waals surface area contributed by atoms with Crippen molar-refractivity contribution in [1.82, 2.24) is 0 Å². The van der Waals surface area contributed by atoms with Crippen LogP contribution >= 0.6 is 0 Å².